The molecule has 2 heterocycles. The van der Waals surface area contributed by atoms with Gasteiger partial charge in [0.15, 0.2) is 17.5 Å². The van der Waals surface area contributed by atoms with Gasteiger partial charge in [-0.2, -0.15) is 0 Å². The van der Waals surface area contributed by atoms with E-state index in [-0.39, 0.29) is 0 Å². The summed E-state index contributed by atoms with van der Waals surface area (Å²) in [6.07, 6.45) is 0. The highest BCUT2D eigenvalue weighted by molar-refractivity contribution is 7.26. The van der Waals surface area contributed by atoms with E-state index in [0.717, 1.165) is 33.4 Å². The molecule has 0 fully saturated rings. The molecule has 0 radical (unpaired) electrons. The standard InChI is InChI=1S/C45H29N3S/c1-3-11-30(12-4-1)31-23-27-35(28-24-31)44-46-43(34-13-5-2-6-14-34)47-45(48-44)37-16-9-15-36(29-37)32-21-25-33(26-22-32)38-18-10-19-40-39-17-7-8-20-41(39)49-42(38)40/h1-29H. The van der Waals surface area contributed by atoms with Crippen LogP contribution in [-0.2, 0) is 0 Å². The first-order valence-electron chi connectivity index (χ1n) is 16.4. The van der Waals surface area contributed by atoms with Crippen molar-refractivity contribution < 1.29 is 0 Å². The summed E-state index contributed by atoms with van der Waals surface area (Å²) >= 11 is 1.86. The fourth-order valence-electron chi connectivity index (χ4n) is 6.45. The average Bonchev–Trinajstić information content (AvgIpc) is 3.58. The van der Waals surface area contributed by atoms with E-state index in [0.29, 0.717) is 17.5 Å². The zero-order valence-corrected chi connectivity index (χ0v) is 27.3. The molecule has 0 saturated heterocycles. The molecule has 0 atom stereocenters. The molecule has 2 aromatic heterocycles. The number of benzene rings is 7. The maximum Gasteiger partial charge on any atom is 0.164 e. The first kappa shape index (κ1) is 29.0. The van der Waals surface area contributed by atoms with Crippen LogP contribution in [0.2, 0.25) is 0 Å². The quantitative estimate of drug-likeness (QED) is 0.181. The Labute approximate surface area is 288 Å². The molecule has 9 aromatic rings. The molecule has 7 aromatic carbocycles. The van der Waals surface area contributed by atoms with Gasteiger partial charge < -0.3 is 0 Å². The normalized spacial score (nSPS) is 11.3. The molecule has 0 N–H and O–H groups in total. The van der Waals surface area contributed by atoms with Crippen LogP contribution in [0.15, 0.2) is 176 Å². The molecule has 0 saturated carbocycles. The van der Waals surface area contributed by atoms with Gasteiger partial charge in [-0.25, -0.2) is 15.0 Å². The smallest absolute Gasteiger partial charge is 0.164 e. The van der Waals surface area contributed by atoms with Gasteiger partial charge in [0.25, 0.3) is 0 Å². The second kappa shape index (κ2) is 12.4. The Balaban J connectivity index is 1.08. The number of aromatic nitrogens is 3. The Kier molecular flexibility index (Phi) is 7.34. The van der Waals surface area contributed by atoms with E-state index in [1.165, 1.54) is 36.9 Å². The Morgan fingerprint density at radius 1 is 0.306 bits per heavy atom. The molecular weight excluding hydrogens is 615 g/mol. The topological polar surface area (TPSA) is 38.7 Å². The highest BCUT2D eigenvalue weighted by Crippen LogP contribution is 2.40. The summed E-state index contributed by atoms with van der Waals surface area (Å²) in [6, 6.07) is 61.6. The van der Waals surface area contributed by atoms with E-state index < -0.39 is 0 Å². The second-order valence-electron chi connectivity index (χ2n) is 12.1. The molecule has 9 rings (SSSR count). The van der Waals surface area contributed by atoms with Crippen LogP contribution in [0.1, 0.15) is 0 Å². The molecule has 0 aliphatic rings. The molecule has 49 heavy (non-hydrogen) atoms. The van der Waals surface area contributed by atoms with Crippen molar-refractivity contribution in [1.82, 2.24) is 15.0 Å². The van der Waals surface area contributed by atoms with Gasteiger partial charge in [-0.05, 0) is 45.5 Å². The summed E-state index contributed by atoms with van der Waals surface area (Å²) in [5, 5.41) is 2.63. The van der Waals surface area contributed by atoms with E-state index in [2.05, 4.69) is 140 Å². The van der Waals surface area contributed by atoms with Crippen LogP contribution < -0.4 is 0 Å². The first-order chi connectivity index (χ1) is 24.3. The van der Waals surface area contributed by atoms with E-state index >= 15 is 0 Å². The molecule has 3 nitrogen and oxygen atoms in total. The van der Waals surface area contributed by atoms with Gasteiger partial charge in [0, 0.05) is 36.9 Å². The molecule has 0 spiro atoms. The van der Waals surface area contributed by atoms with Crippen LogP contribution in [-0.4, -0.2) is 15.0 Å². The van der Waals surface area contributed by atoms with Crippen molar-refractivity contribution in [2.75, 3.05) is 0 Å². The van der Waals surface area contributed by atoms with Crippen molar-refractivity contribution in [3.05, 3.63) is 176 Å². The zero-order valence-electron chi connectivity index (χ0n) is 26.5. The lowest BCUT2D eigenvalue weighted by molar-refractivity contribution is 1.07. The van der Waals surface area contributed by atoms with Crippen LogP contribution in [0.5, 0.6) is 0 Å². The number of nitrogens with zero attached hydrogens (tertiary/aromatic N) is 3. The monoisotopic (exact) mass is 643 g/mol. The first-order valence-corrected chi connectivity index (χ1v) is 17.2. The van der Waals surface area contributed by atoms with Crippen LogP contribution >= 0.6 is 11.3 Å². The number of rotatable bonds is 6. The fourth-order valence-corrected chi connectivity index (χ4v) is 7.69. The molecule has 230 valence electrons. The third-order valence-corrected chi connectivity index (χ3v) is 10.2. The Bertz CT molecular complexity index is 2570. The lowest BCUT2D eigenvalue weighted by Gasteiger charge is -2.11. The number of hydrogen-bond donors (Lipinski definition) is 0. The molecule has 0 unspecified atom stereocenters. The summed E-state index contributed by atoms with van der Waals surface area (Å²) in [6.45, 7) is 0. The van der Waals surface area contributed by atoms with Crippen LogP contribution in [0, 0.1) is 0 Å². The maximum absolute atomic E-state index is 5.02. The van der Waals surface area contributed by atoms with Crippen molar-refractivity contribution in [1.29, 1.82) is 0 Å². The number of thiophene rings is 1. The second-order valence-corrected chi connectivity index (χ2v) is 13.1. The Hall–Kier alpha value is -6.23. The van der Waals surface area contributed by atoms with Crippen molar-refractivity contribution in [2.45, 2.75) is 0 Å². The van der Waals surface area contributed by atoms with Gasteiger partial charge in [-0.3, -0.25) is 0 Å². The molecule has 0 bridgehead atoms. The molecule has 4 heteroatoms. The highest BCUT2D eigenvalue weighted by atomic mass is 32.1. The number of fused-ring (bicyclic) bond motifs is 3. The minimum atomic E-state index is 0.644. The Morgan fingerprint density at radius 3 is 1.47 bits per heavy atom. The minimum absolute atomic E-state index is 0.644. The van der Waals surface area contributed by atoms with Crippen molar-refractivity contribution in [3.8, 4) is 67.5 Å². The third kappa shape index (κ3) is 5.58. The van der Waals surface area contributed by atoms with E-state index in [9.17, 15) is 0 Å². The summed E-state index contributed by atoms with van der Waals surface area (Å²) in [7, 11) is 0. The zero-order chi connectivity index (χ0) is 32.6. The number of hydrogen-bond acceptors (Lipinski definition) is 4. The van der Waals surface area contributed by atoms with E-state index in [4.69, 9.17) is 15.0 Å². The average molecular weight is 644 g/mol. The van der Waals surface area contributed by atoms with Gasteiger partial charge >= 0.3 is 0 Å². The highest BCUT2D eigenvalue weighted by Gasteiger charge is 2.14. The predicted molar refractivity (Wildman–Crippen MR) is 205 cm³/mol. The van der Waals surface area contributed by atoms with Crippen LogP contribution in [0.25, 0.3) is 87.7 Å². The van der Waals surface area contributed by atoms with Gasteiger partial charge in [0.1, 0.15) is 0 Å². The molecular formula is C45H29N3S. The fraction of sp³-hybridized carbons (Fsp3) is 0. The SMILES string of the molecule is c1ccc(-c2ccc(-c3nc(-c4ccccc4)nc(-c4cccc(-c5ccc(-c6cccc7c6sc6ccccc67)cc5)c4)n3)cc2)cc1. The van der Waals surface area contributed by atoms with Gasteiger partial charge in [0.2, 0.25) is 0 Å². The lowest BCUT2D eigenvalue weighted by Crippen LogP contribution is -2.00. The van der Waals surface area contributed by atoms with Crippen molar-refractivity contribution >= 4 is 31.5 Å². The minimum Gasteiger partial charge on any atom is -0.208 e. The summed E-state index contributed by atoms with van der Waals surface area (Å²) in [5.74, 6) is 1.94. The van der Waals surface area contributed by atoms with Crippen molar-refractivity contribution in [3.63, 3.8) is 0 Å². The third-order valence-electron chi connectivity index (χ3n) is 8.97. The molecule has 0 aliphatic heterocycles. The summed E-state index contributed by atoms with van der Waals surface area (Å²) in [4.78, 5) is 14.9. The van der Waals surface area contributed by atoms with Crippen LogP contribution in [0.3, 0.4) is 0 Å². The largest absolute Gasteiger partial charge is 0.208 e. The van der Waals surface area contributed by atoms with Gasteiger partial charge in [0.05, 0.1) is 0 Å². The lowest BCUT2D eigenvalue weighted by atomic mass is 9.98. The van der Waals surface area contributed by atoms with E-state index in [1.54, 1.807) is 0 Å². The predicted octanol–water partition coefficient (Wildman–Crippen LogP) is 12.2. The van der Waals surface area contributed by atoms with Crippen LogP contribution in [0.4, 0.5) is 0 Å². The summed E-state index contributed by atoms with van der Waals surface area (Å²) < 4.78 is 2.65. The molecule has 0 aliphatic carbocycles. The Morgan fingerprint density at radius 2 is 0.755 bits per heavy atom. The summed E-state index contributed by atoms with van der Waals surface area (Å²) in [5.41, 5.74) is 9.90. The maximum atomic E-state index is 5.02. The van der Waals surface area contributed by atoms with Gasteiger partial charge in [-0.1, -0.05) is 164 Å². The van der Waals surface area contributed by atoms with Gasteiger partial charge in [-0.15, -0.1) is 11.3 Å². The van der Waals surface area contributed by atoms with E-state index in [1.807, 2.05) is 47.7 Å². The molecule has 0 amide bonds. The van der Waals surface area contributed by atoms with Crippen molar-refractivity contribution in [2.24, 2.45) is 0 Å².